The van der Waals surface area contributed by atoms with Crippen LogP contribution < -0.4 is 10.9 Å². The number of nitrogens with zero attached hydrogens (tertiary/aromatic N) is 3. The SMILES string of the molecule is NN(C(=O)O)c1cccnn1. The molecule has 0 radical (unpaired) electrons. The zero-order chi connectivity index (χ0) is 8.27. The summed E-state index contributed by atoms with van der Waals surface area (Å²) in [5.41, 5.74) is 0. The van der Waals surface area contributed by atoms with Crippen LogP contribution in [0.2, 0.25) is 0 Å². The summed E-state index contributed by atoms with van der Waals surface area (Å²) in [6.07, 6.45) is 0.157. The Morgan fingerprint density at radius 3 is 2.91 bits per heavy atom. The maximum absolute atomic E-state index is 10.2. The Balaban J connectivity index is 2.85. The molecule has 1 rings (SSSR count). The maximum Gasteiger partial charge on any atom is 0.427 e. The van der Waals surface area contributed by atoms with Gasteiger partial charge in [0.05, 0.1) is 0 Å². The van der Waals surface area contributed by atoms with Crippen LogP contribution in [-0.2, 0) is 0 Å². The molecular weight excluding hydrogens is 148 g/mol. The van der Waals surface area contributed by atoms with Crippen molar-refractivity contribution in [3.63, 3.8) is 0 Å². The summed E-state index contributed by atoms with van der Waals surface area (Å²) < 4.78 is 0. The highest BCUT2D eigenvalue weighted by Crippen LogP contribution is 2.01. The van der Waals surface area contributed by atoms with Gasteiger partial charge in [0.1, 0.15) is 0 Å². The van der Waals surface area contributed by atoms with Gasteiger partial charge in [-0.2, -0.15) is 10.1 Å². The average molecular weight is 154 g/mol. The molecule has 0 saturated carbocycles. The second kappa shape index (κ2) is 2.93. The predicted octanol–water partition coefficient (Wildman–Crippen LogP) is -0.165. The highest BCUT2D eigenvalue weighted by molar-refractivity contribution is 5.82. The van der Waals surface area contributed by atoms with Crippen LogP contribution in [0.15, 0.2) is 18.3 Å². The van der Waals surface area contributed by atoms with E-state index in [0.717, 1.165) is 0 Å². The zero-order valence-corrected chi connectivity index (χ0v) is 5.51. The molecule has 0 spiro atoms. The topological polar surface area (TPSA) is 92.3 Å². The van der Waals surface area contributed by atoms with Crippen molar-refractivity contribution in [1.29, 1.82) is 0 Å². The van der Waals surface area contributed by atoms with Gasteiger partial charge in [-0.1, -0.05) is 0 Å². The molecule has 1 heterocycles. The molecule has 0 atom stereocenters. The van der Waals surface area contributed by atoms with Gasteiger partial charge in [0.15, 0.2) is 5.82 Å². The van der Waals surface area contributed by atoms with Gasteiger partial charge in [0, 0.05) is 6.20 Å². The van der Waals surface area contributed by atoms with Crippen molar-refractivity contribution >= 4 is 11.9 Å². The fourth-order valence-corrected chi connectivity index (χ4v) is 0.520. The molecule has 0 aliphatic carbocycles. The first-order chi connectivity index (χ1) is 5.22. The first-order valence-electron chi connectivity index (χ1n) is 2.77. The molecule has 0 aliphatic rings. The van der Waals surface area contributed by atoms with Gasteiger partial charge in [-0.3, -0.25) is 0 Å². The summed E-state index contributed by atoms with van der Waals surface area (Å²) in [5, 5.41) is 15.8. The van der Waals surface area contributed by atoms with Gasteiger partial charge in [-0.15, -0.1) is 5.10 Å². The van der Waals surface area contributed by atoms with E-state index in [0.29, 0.717) is 5.01 Å². The van der Waals surface area contributed by atoms with Crippen LogP contribution in [0.5, 0.6) is 0 Å². The standard InChI is InChI=1S/C5H6N4O2/c6-9(5(10)11)4-2-1-3-7-8-4/h1-3H,6H2,(H,10,11). The fourth-order valence-electron chi connectivity index (χ4n) is 0.520. The molecule has 0 aromatic carbocycles. The lowest BCUT2D eigenvalue weighted by atomic mass is 10.5. The van der Waals surface area contributed by atoms with Gasteiger partial charge in [0.25, 0.3) is 0 Å². The van der Waals surface area contributed by atoms with E-state index in [1.165, 1.54) is 12.3 Å². The smallest absolute Gasteiger partial charge is 0.427 e. The first kappa shape index (κ1) is 7.42. The Kier molecular flexibility index (Phi) is 1.98. The molecule has 6 heteroatoms. The number of nitrogens with two attached hydrogens (primary N) is 1. The molecule has 0 aliphatic heterocycles. The Bertz CT molecular complexity index is 250. The van der Waals surface area contributed by atoms with E-state index in [9.17, 15) is 4.79 Å². The van der Waals surface area contributed by atoms with Crippen LogP contribution in [0.1, 0.15) is 0 Å². The largest absolute Gasteiger partial charge is 0.464 e. The number of amides is 1. The van der Waals surface area contributed by atoms with Crippen molar-refractivity contribution in [1.82, 2.24) is 10.2 Å². The molecule has 0 unspecified atom stereocenters. The molecule has 1 amide bonds. The Morgan fingerprint density at radius 1 is 1.73 bits per heavy atom. The minimum Gasteiger partial charge on any atom is -0.464 e. The summed E-state index contributed by atoms with van der Waals surface area (Å²) in [4.78, 5) is 10.2. The van der Waals surface area contributed by atoms with Crippen LogP contribution >= 0.6 is 0 Å². The molecule has 58 valence electrons. The summed E-state index contributed by atoms with van der Waals surface area (Å²) in [6.45, 7) is 0. The summed E-state index contributed by atoms with van der Waals surface area (Å²) >= 11 is 0. The molecule has 3 N–H and O–H groups in total. The van der Waals surface area contributed by atoms with Crippen molar-refractivity contribution in [2.24, 2.45) is 5.84 Å². The molecule has 1 aromatic rings. The number of aromatic nitrogens is 2. The molecule has 0 bridgehead atoms. The minimum absolute atomic E-state index is 0.0972. The van der Waals surface area contributed by atoms with E-state index in [4.69, 9.17) is 10.9 Å². The summed E-state index contributed by atoms with van der Waals surface area (Å²) in [5.74, 6) is 5.17. The summed E-state index contributed by atoms with van der Waals surface area (Å²) in [7, 11) is 0. The maximum atomic E-state index is 10.2. The van der Waals surface area contributed by atoms with Crippen LogP contribution in [0.3, 0.4) is 0 Å². The normalized spacial score (nSPS) is 9.18. The average Bonchev–Trinajstić information content (AvgIpc) is 2.05. The van der Waals surface area contributed by atoms with Gasteiger partial charge in [0.2, 0.25) is 0 Å². The number of hydrogen-bond acceptors (Lipinski definition) is 4. The second-order valence-corrected chi connectivity index (χ2v) is 1.73. The highest BCUT2D eigenvalue weighted by Gasteiger charge is 2.09. The monoisotopic (exact) mass is 154 g/mol. The highest BCUT2D eigenvalue weighted by atomic mass is 16.4. The van der Waals surface area contributed by atoms with Gasteiger partial charge >= 0.3 is 6.09 Å². The third-order valence-corrected chi connectivity index (χ3v) is 1.01. The van der Waals surface area contributed by atoms with E-state index in [2.05, 4.69) is 10.2 Å². The Hall–Kier alpha value is -1.69. The van der Waals surface area contributed by atoms with Crippen molar-refractivity contribution in [3.05, 3.63) is 18.3 Å². The van der Waals surface area contributed by atoms with E-state index in [-0.39, 0.29) is 5.82 Å². The summed E-state index contributed by atoms with van der Waals surface area (Å²) in [6, 6.07) is 2.99. The lowest BCUT2D eigenvalue weighted by molar-refractivity contribution is 0.201. The number of hydrogen-bond donors (Lipinski definition) is 2. The van der Waals surface area contributed by atoms with Crippen LogP contribution in [-0.4, -0.2) is 21.4 Å². The van der Waals surface area contributed by atoms with Crippen LogP contribution in [0.25, 0.3) is 0 Å². The van der Waals surface area contributed by atoms with Gasteiger partial charge in [-0.05, 0) is 12.1 Å². The number of anilines is 1. The molecule has 0 saturated heterocycles. The first-order valence-corrected chi connectivity index (χ1v) is 2.77. The number of hydrazine groups is 1. The second-order valence-electron chi connectivity index (χ2n) is 1.73. The van der Waals surface area contributed by atoms with Crippen LogP contribution in [0.4, 0.5) is 10.6 Å². The zero-order valence-electron chi connectivity index (χ0n) is 5.51. The van der Waals surface area contributed by atoms with Gasteiger partial charge in [-0.25, -0.2) is 10.6 Å². The van der Waals surface area contributed by atoms with Gasteiger partial charge < -0.3 is 5.11 Å². The Labute approximate surface area is 62.2 Å². The van der Waals surface area contributed by atoms with E-state index >= 15 is 0 Å². The van der Waals surface area contributed by atoms with E-state index in [1.54, 1.807) is 6.07 Å². The van der Waals surface area contributed by atoms with Crippen molar-refractivity contribution < 1.29 is 9.90 Å². The third kappa shape index (κ3) is 1.62. The predicted molar refractivity (Wildman–Crippen MR) is 36.7 cm³/mol. The number of carboxylic acid groups (broad SMARTS) is 1. The molecule has 1 aromatic heterocycles. The molecule has 11 heavy (non-hydrogen) atoms. The van der Waals surface area contributed by atoms with Crippen molar-refractivity contribution in [2.75, 3.05) is 5.01 Å². The Morgan fingerprint density at radius 2 is 2.45 bits per heavy atom. The van der Waals surface area contributed by atoms with E-state index < -0.39 is 6.09 Å². The fraction of sp³-hybridized carbons (Fsp3) is 0. The number of rotatable bonds is 1. The van der Waals surface area contributed by atoms with Crippen molar-refractivity contribution in [2.45, 2.75) is 0 Å². The van der Waals surface area contributed by atoms with Crippen molar-refractivity contribution in [3.8, 4) is 0 Å². The molecule has 6 nitrogen and oxygen atoms in total. The van der Waals surface area contributed by atoms with E-state index in [1.807, 2.05) is 0 Å². The lowest BCUT2D eigenvalue weighted by Crippen LogP contribution is -2.36. The molecule has 0 fully saturated rings. The molecular formula is C5H6N4O2. The quantitative estimate of drug-likeness (QED) is 0.333. The third-order valence-electron chi connectivity index (χ3n) is 1.01. The number of carbonyl (C=O) groups is 1. The lowest BCUT2D eigenvalue weighted by Gasteiger charge is -2.08. The minimum atomic E-state index is -1.27. The van der Waals surface area contributed by atoms with Crippen LogP contribution in [0, 0.1) is 0 Å².